The van der Waals surface area contributed by atoms with E-state index in [1.165, 1.54) is 17.6 Å². The van der Waals surface area contributed by atoms with Crippen LogP contribution in [0.25, 0.3) is 6.08 Å². The number of amides is 1. The number of aryl methyl sites for hydroxylation is 1. The van der Waals surface area contributed by atoms with Gasteiger partial charge in [-0.3, -0.25) is 4.79 Å². The third-order valence-corrected chi connectivity index (χ3v) is 3.63. The Kier molecular flexibility index (Phi) is 5.66. The summed E-state index contributed by atoms with van der Waals surface area (Å²) in [5, 5.41) is 6.94. The summed E-state index contributed by atoms with van der Waals surface area (Å²) in [6.45, 7) is 1.89. The third kappa shape index (κ3) is 5.49. The molecule has 1 heterocycles. The van der Waals surface area contributed by atoms with Gasteiger partial charge in [-0.25, -0.2) is 10.4 Å². The maximum Gasteiger partial charge on any atom is 0.246 e. The number of carbonyl (C=O) groups excluding carboxylic acids is 1. The molecule has 108 valence electrons. The van der Waals surface area contributed by atoms with Crippen molar-refractivity contribution in [3.63, 3.8) is 0 Å². The number of allylic oxidation sites excluding steroid dienone is 1. The monoisotopic (exact) mass is 319 g/mol. The molecule has 0 radical (unpaired) electrons. The zero-order valence-corrected chi connectivity index (χ0v) is 13.0. The highest BCUT2D eigenvalue weighted by Gasteiger charge is 2.05. The molecule has 6 heteroatoms. The summed E-state index contributed by atoms with van der Waals surface area (Å²) in [4.78, 5) is 15.9. The molecule has 2 aromatic rings. The first kappa shape index (κ1) is 15.4. The van der Waals surface area contributed by atoms with Crippen LogP contribution < -0.4 is 5.43 Å². The van der Waals surface area contributed by atoms with E-state index in [2.05, 4.69) is 15.5 Å². The zero-order valence-electron chi connectivity index (χ0n) is 11.4. The molecule has 2 rings (SSSR count). The first-order valence-electron chi connectivity index (χ1n) is 6.28. The number of hydrogen-bond acceptors (Lipinski definition) is 4. The Balaban J connectivity index is 1.84. The van der Waals surface area contributed by atoms with Crippen molar-refractivity contribution in [1.29, 1.82) is 0 Å². The molecule has 0 fully saturated rings. The molecule has 0 unspecified atom stereocenters. The predicted octanol–water partition coefficient (Wildman–Crippen LogP) is 3.38. The maximum atomic E-state index is 11.6. The molecule has 0 aliphatic heterocycles. The molecule has 0 saturated carbocycles. The van der Waals surface area contributed by atoms with Crippen LogP contribution in [0.4, 0.5) is 0 Å². The number of rotatable bonds is 5. The number of nitrogens with zero attached hydrogens (tertiary/aromatic N) is 2. The van der Waals surface area contributed by atoms with Gasteiger partial charge in [0.2, 0.25) is 5.91 Å². The smallest absolute Gasteiger partial charge is 0.246 e. The number of thiazole rings is 1. The number of nitrogens with one attached hydrogen (secondary N) is 1. The van der Waals surface area contributed by atoms with Crippen molar-refractivity contribution < 1.29 is 4.79 Å². The Morgan fingerprint density at radius 2 is 2.19 bits per heavy atom. The summed E-state index contributed by atoms with van der Waals surface area (Å²) in [5.41, 5.74) is 4.32. The van der Waals surface area contributed by atoms with Crippen molar-refractivity contribution >= 4 is 41.1 Å². The van der Waals surface area contributed by atoms with Crippen molar-refractivity contribution in [2.45, 2.75) is 13.3 Å². The van der Waals surface area contributed by atoms with Gasteiger partial charge in [-0.2, -0.15) is 5.10 Å². The summed E-state index contributed by atoms with van der Waals surface area (Å²) >= 11 is 7.47. The van der Waals surface area contributed by atoms with E-state index >= 15 is 0 Å². The molecule has 0 aliphatic carbocycles. The summed E-state index contributed by atoms with van der Waals surface area (Å²) in [6.07, 6.45) is 3.39. The van der Waals surface area contributed by atoms with Crippen molar-refractivity contribution in [3.05, 3.63) is 57.0 Å². The van der Waals surface area contributed by atoms with Gasteiger partial charge in [-0.15, -0.1) is 11.3 Å². The van der Waals surface area contributed by atoms with E-state index in [0.29, 0.717) is 5.03 Å². The second-order valence-corrected chi connectivity index (χ2v) is 5.67. The van der Waals surface area contributed by atoms with Crippen LogP contribution in [0, 0.1) is 6.92 Å². The van der Waals surface area contributed by atoms with Crippen molar-refractivity contribution in [3.8, 4) is 0 Å². The van der Waals surface area contributed by atoms with Crippen LogP contribution in [0.1, 0.15) is 16.3 Å². The Labute approximate surface area is 132 Å². The number of halogens is 1. The highest BCUT2D eigenvalue weighted by atomic mass is 35.5. The van der Waals surface area contributed by atoms with Gasteiger partial charge in [-0.1, -0.05) is 41.9 Å². The maximum absolute atomic E-state index is 11.6. The van der Waals surface area contributed by atoms with E-state index in [1.54, 1.807) is 6.08 Å². The molecule has 1 aromatic heterocycles. The van der Waals surface area contributed by atoms with Crippen molar-refractivity contribution in [1.82, 2.24) is 10.4 Å². The quantitative estimate of drug-likeness (QED) is 0.678. The van der Waals surface area contributed by atoms with Gasteiger partial charge >= 0.3 is 0 Å². The van der Waals surface area contributed by atoms with E-state index in [9.17, 15) is 4.79 Å². The molecule has 0 aliphatic rings. The second kappa shape index (κ2) is 7.71. The highest BCUT2D eigenvalue weighted by molar-refractivity contribution is 7.09. The van der Waals surface area contributed by atoms with Gasteiger partial charge in [0.15, 0.2) is 0 Å². The first-order valence-corrected chi connectivity index (χ1v) is 7.54. The molecule has 0 saturated heterocycles. The minimum Gasteiger partial charge on any atom is -0.273 e. The van der Waals surface area contributed by atoms with Crippen LogP contribution in [-0.4, -0.2) is 17.1 Å². The third-order valence-electron chi connectivity index (χ3n) is 2.46. The Morgan fingerprint density at radius 3 is 2.86 bits per heavy atom. The summed E-state index contributed by atoms with van der Waals surface area (Å²) in [5.74, 6) is -0.218. The molecule has 0 bridgehead atoms. The van der Waals surface area contributed by atoms with Crippen molar-refractivity contribution in [2.75, 3.05) is 0 Å². The van der Waals surface area contributed by atoms with Crippen LogP contribution in [0.3, 0.4) is 0 Å². The Morgan fingerprint density at radius 1 is 1.43 bits per heavy atom. The Hall–Kier alpha value is -1.98. The lowest BCUT2D eigenvalue weighted by molar-refractivity contribution is -0.120. The number of hydrazone groups is 1. The molecule has 21 heavy (non-hydrogen) atoms. The van der Waals surface area contributed by atoms with E-state index in [0.717, 1.165) is 16.3 Å². The summed E-state index contributed by atoms with van der Waals surface area (Å²) in [7, 11) is 0. The topological polar surface area (TPSA) is 54.4 Å². The zero-order chi connectivity index (χ0) is 15.1. The number of aromatic nitrogens is 1. The molecular weight excluding hydrogens is 306 g/mol. The van der Waals surface area contributed by atoms with Crippen LogP contribution in [-0.2, 0) is 11.2 Å². The van der Waals surface area contributed by atoms with E-state index in [1.807, 2.05) is 42.6 Å². The normalized spacial score (nSPS) is 11.8. The van der Waals surface area contributed by atoms with Gasteiger partial charge in [0, 0.05) is 11.1 Å². The fraction of sp³-hybridized carbons (Fsp3) is 0.133. The van der Waals surface area contributed by atoms with E-state index < -0.39 is 0 Å². The summed E-state index contributed by atoms with van der Waals surface area (Å²) < 4.78 is 0. The standard InChI is InChI=1S/C15H14ClN3OS/c1-11-10-21-15(18-11)8-14(20)19-17-9-13(16)7-12-5-3-2-4-6-12/h2-7,9-10H,8H2,1H3,(H,19,20)/b13-7-,17-9-. The molecule has 0 spiro atoms. The lowest BCUT2D eigenvalue weighted by Crippen LogP contribution is -2.19. The van der Waals surface area contributed by atoms with E-state index in [-0.39, 0.29) is 12.3 Å². The largest absolute Gasteiger partial charge is 0.273 e. The van der Waals surface area contributed by atoms with Gasteiger partial charge in [0.05, 0.1) is 17.7 Å². The average Bonchev–Trinajstić information content (AvgIpc) is 2.85. The second-order valence-electron chi connectivity index (χ2n) is 4.29. The van der Waals surface area contributed by atoms with Gasteiger partial charge in [-0.05, 0) is 18.6 Å². The van der Waals surface area contributed by atoms with Gasteiger partial charge in [0.25, 0.3) is 0 Å². The fourth-order valence-corrected chi connectivity index (χ4v) is 2.52. The number of benzene rings is 1. The molecule has 1 aromatic carbocycles. The molecule has 4 nitrogen and oxygen atoms in total. The molecule has 0 atom stereocenters. The minimum absolute atomic E-state index is 0.218. The molecule has 1 amide bonds. The lowest BCUT2D eigenvalue weighted by atomic mass is 10.2. The molecular formula is C15H14ClN3OS. The number of carbonyl (C=O) groups is 1. The van der Waals surface area contributed by atoms with Gasteiger partial charge < -0.3 is 0 Å². The average molecular weight is 320 g/mol. The van der Waals surface area contributed by atoms with Crippen molar-refractivity contribution in [2.24, 2.45) is 5.10 Å². The van der Waals surface area contributed by atoms with Crippen LogP contribution in [0.15, 0.2) is 45.8 Å². The fourth-order valence-electron chi connectivity index (χ4n) is 1.57. The van der Waals surface area contributed by atoms with E-state index in [4.69, 9.17) is 11.6 Å². The highest BCUT2D eigenvalue weighted by Crippen LogP contribution is 2.09. The van der Waals surface area contributed by atoms with Gasteiger partial charge in [0.1, 0.15) is 5.01 Å². The SMILES string of the molecule is Cc1csc(CC(=O)N/N=C\C(Cl)=C\c2ccccc2)n1. The number of hydrogen-bond donors (Lipinski definition) is 1. The van der Waals surface area contributed by atoms with Crippen LogP contribution >= 0.6 is 22.9 Å². The lowest BCUT2D eigenvalue weighted by Gasteiger charge is -1.96. The van der Waals surface area contributed by atoms with Crippen LogP contribution in [0.2, 0.25) is 0 Å². The molecule has 1 N–H and O–H groups in total. The summed E-state index contributed by atoms with van der Waals surface area (Å²) in [6, 6.07) is 9.63. The predicted molar refractivity (Wildman–Crippen MR) is 87.5 cm³/mol. The minimum atomic E-state index is -0.218. The Bertz CT molecular complexity index is 665. The first-order chi connectivity index (χ1) is 10.1. The van der Waals surface area contributed by atoms with Crippen LogP contribution in [0.5, 0.6) is 0 Å².